The van der Waals surface area contributed by atoms with Gasteiger partial charge in [0.1, 0.15) is 0 Å². The standard InChI is InChI=1S/C21H20N2O4/c1-2-27-21(24)17-11-6-10-15-13-8-5-9-14(13)19(22-20(15)17)16-7-3-4-12-18(16)23(25)26/h3-8,10-14,19,22H,2,9H2,1H3/t13-,14-,19-/m0/s1. The van der Waals surface area contributed by atoms with Crippen molar-refractivity contribution in [1.29, 1.82) is 0 Å². The van der Waals surface area contributed by atoms with Crippen LogP contribution >= 0.6 is 0 Å². The number of para-hydroxylation sites is 2. The van der Waals surface area contributed by atoms with E-state index in [1.807, 2.05) is 18.2 Å². The highest BCUT2D eigenvalue weighted by Crippen LogP contribution is 2.51. The third-order valence-electron chi connectivity index (χ3n) is 5.36. The van der Waals surface area contributed by atoms with E-state index in [0.29, 0.717) is 23.4 Å². The van der Waals surface area contributed by atoms with Gasteiger partial charge in [0.05, 0.1) is 34.4 Å². The minimum atomic E-state index is -0.386. The molecule has 0 saturated carbocycles. The molecule has 2 aromatic rings. The number of carbonyl (C=O) groups excluding carboxylic acids is 1. The Kier molecular flexibility index (Phi) is 4.39. The molecule has 0 spiro atoms. The summed E-state index contributed by atoms with van der Waals surface area (Å²) in [5.74, 6) is -0.111. The van der Waals surface area contributed by atoms with Crippen LogP contribution in [0.15, 0.2) is 54.6 Å². The van der Waals surface area contributed by atoms with Crippen LogP contribution in [0.4, 0.5) is 11.4 Å². The largest absolute Gasteiger partial charge is 0.462 e. The van der Waals surface area contributed by atoms with Gasteiger partial charge in [0.25, 0.3) is 5.69 Å². The van der Waals surface area contributed by atoms with Gasteiger partial charge in [-0.1, -0.05) is 42.5 Å². The SMILES string of the molecule is CCOC(=O)c1cccc2c1N[C@H](c1ccccc1[N+](=O)[O-])[C@H]1CC=C[C@H]21. The Bertz CT molecular complexity index is 938. The molecule has 2 aromatic carbocycles. The van der Waals surface area contributed by atoms with Crippen LogP contribution in [-0.4, -0.2) is 17.5 Å². The number of carbonyl (C=O) groups is 1. The maximum Gasteiger partial charge on any atom is 0.340 e. The van der Waals surface area contributed by atoms with Gasteiger partial charge in [-0.05, 0) is 30.9 Å². The average molecular weight is 364 g/mol. The molecule has 2 aliphatic rings. The molecule has 27 heavy (non-hydrogen) atoms. The van der Waals surface area contributed by atoms with E-state index in [4.69, 9.17) is 4.74 Å². The smallest absolute Gasteiger partial charge is 0.340 e. The minimum Gasteiger partial charge on any atom is -0.462 e. The summed E-state index contributed by atoms with van der Waals surface area (Å²) in [6.45, 7) is 2.06. The van der Waals surface area contributed by atoms with E-state index < -0.39 is 0 Å². The van der Waals surface area contributed by atoms with Gasteiger partial charge in [-0.15, -0.1) is 0 Å². The fourth-order valence-corrected chi connectivity index (χ4v) is 4.23. The zero-order valence-corrected chi connectivity index (χ0v) is 14.9. The number of hydrogen-bond acceptors (Lipinski definition) is 5. The van der Waals surface area contributed by atoms with Crippen molar-refractivity contribution in [3.05, 3.63) is 81.4 Å². The molecule has 6 heteroatoms. The van der Waals surface area contributed by atoms with Gasteiger partial charge in [0, 0.05) is 12.0 Å². The third kappa shape index (κ3) is 2.87. The van der Waals surface area contributed by atoms with Crippen LogP contribution in [0, 0.1) is 16.0 Å². The second-order valence-electron chi connectivity index (χ2n) is 6.78. The molecule has 1 heterocycles. The van der Waals surface area contributed by atoms with E-state index >= 15 is 0 Å². The van der Waals surface area contributed by atoms with Gasteiger partial charge in [-0.25, -0.2) is 4.79 Å². The Labute approximate surface area is 157 Å². The Hall–Kier alpha value is -3.15. The number of fused-ring (bicyclic) bond motifs is 3. The van der Waals surface area contributed by atoms with E-state index in [1.165, 1.54) is 6.07 Å². The number of nitrogens with one attached hydrogen (secondary N) is 1. The molecular formula is C21H20N2O4. The van der Waals surface area contributed by atoms with E-state index in [1.54, 1.807) is 25.1 Å². The molecule has 138 valence electrons. The van der Waals surface area contributed by atoms with Crippen molar-refractivity contribution in [3.8, 4) is 0 Å². The highest BCUT2D eigenvalue weighted by atomic mass is 16.6. The Morgan fingerprint density at radius 1 is 1.22 bits per heavy atom. The minimum absolute atomic E-state index is 0.0951. The molecule has 0 unspecified atom stereocenters. The maximum atomic E-state index is 12.4. The zero-order valence-electron chi connectivity index (χ0n) is 14.9. The normalized spacial score (nSPS) is 22.5. The van der Waals surface area contributed by atoms with Crippen molar-refractivity contribution in [3.63, 3.8) is 0 Å². The van der Waals surface area contributed by atoms with Gasteiger partial charge < -0.3 is 10.1 Å². The highest BCUT2D eigenvalue weighted by molar-refractivity contribution is 5.97. The molecule has 1 aliphatic heterocycles. The van der Waals surface area contributed by atoms with E-state index in [0.717, 1.165) is 12.0 Å². The second-order valence-corrected chi connectivity index (χ2v) is 6.78. The Morgan fingerprint density at radius 2 is 2.00 bits per heavy atom. The van der Waals surface area contributed by atoms with Crippen LogP contribution in [0.25, 0.3) is 0 Å². The molecule has 3 atom stereocenters. The number of nitrogens with zero attached hydrogens (tertiary/aromatic N) is 1. The molecule has 0 bridgehead atoms. The molecule has 0 fully saturated rings. The third-order valence-corrected chi connectivity index (χ3v) is 5.36. The van der Waals surface area contributed by atoms with Crippen molar-refractivity contribution in [2.75, 3.05) is 11.9 Å². The topological polar surface area (TPSA) is 81.5 Å². The van der Waals surface area contributed by atoms with Crippen LogP contribution in [0.3, 0.4) is 0 Å². The molecule has 4 rings (SSSR count). The van der Waals surface area contributed by atoms with Crippen LogP contribution in [0.1, 0.15) is 46.8 Å². The summed E-state index contributed by atoms with van der Waals surface area (Å²) in [5, 5.41) is 15.0. The first-order valence-electron chi connectivity index (χ1n) is 9.08. The molecule has 0 saturated heterocycles. The number of ether oxygens (including phenoxy) is 1. The number of allylic oxidation sites excluding steroid dienone is 2. The van der Waals surface area contributed by atoms with E-state index in [9.17, 15) is 14.9 Å². The van der Waals surface area contributed by atoms with Gasteiger partial charge in [0.15, 0.2) is 0 Å². The molecular weight excluding hydrogens is 344 g/mol. The lowest BCUT2D eigenvalue weighted by molar-refractivity contribution is -0.385. The summed E-state index contributed by atoms with van der Waals surface area (Å²) >= 11 is 0. The first kappa shape index (κ1) is 17.3. The van der Waals surface area contributed by atoms with Crippen LogP contribution in [-0.2, 0) is 4.74 Å². The monoisotopic (exact) mass is 364 g/mol. The molecule has 1 N–H and O–H groups in total. The summed E-state index contributed by atoms with van der Waals surface area (Å²) < 4.78 is 5.20. The van der Waals surface area contributed by atoms with Crippen molar-refractivity contribution in [1.82, 2.24) is 0 Å². The number of esters is 1. The zero-order chi connectivity index (χ0) is 19.0. The van der Waals surface area contributed by atoms with Gasteiger partial charge in [0.2, 0.25) is 0 Å². The number of nitro groups is 1. The van der Waals surface area contributed by atoms with Crippen LogP contribution in [0.5, 0.6) is 0 Å². The lowest BCUT2D eigenvalue weighted by atomic mass is 9.76. The van der Waals surface area contributed by atoms with E-state index in [2.05, 4.69) is 17.5 Å². The number of benzene rings is 2. The van der Waals surface area contributed by atoms with Gasteiger partial charge in [-0.2, -0.15) is 0 Å². The first-order valence-corrected chi connectivity index (χ1v) is 9.08. The molecule has 0 radical (unpaired) electrons. The fourth-order valence-electron chi connectivity index (χ4n) is 4.23. The second kappa shape index (κ2) is 6.87. The molecule has 0 amide bonds. The van der Waals surface area contributed by atoms with Crippen molar-refractivity contribution < 1.29 is 14.5 Å². The summed E-state index contributed by atoms with van der Waals surface area (Å²) in [5.41, 5.74) is 2.96. The van der Waals surface area contributed by atoms with Gasteiger partial charge >= 0.3 is 5.97 Å². The predicted octanol–water partition coefficient (Wildman–Crippen LogP) is 4.60. The molecule has 0 aromatic heterocycles. The summed E-state index contributed by atoms with van der Waals surface area (Å²) in [4.78, 5) is 23.6. The molecule has 6 nitrogen and oxygen atoms in total. The highest BCUT2D eigenvalue weighted by Gasteiger charge is 2.41. The number of rotatable bonds is 4. The molecule has 1 aliphatic carbocycles. The van der Waals surface area contributed by atoms with Crippen molar-refractivity contribution in [2.24, 2.45) is 5.92 Å². The van der Waals surface area contributed by atoms with Gasteiger partial charge in [-0.3, -0.25) is 10.1 Å². The van der Waals surface area contributed by atoms with Crippen molar-refractivity contribution >= 4 is 17.3 Å². The maximum absolute atomic E-state index is 12.4. The quantitative estimate of drug-likeness (QED) is 0.371. The lowest BCUT2D eigenvalue weighted by Crippen LogP contribution is -2.31. The predicted molar refractivity (Wildman–Crippen MR) is 102 cm³/mol. The van der Waals surface area contributed by atoms with Crippen LogP contribution in [0.2, 0.25) is 0 Å². The van der Waals surface area contributed by atoms with Crippen LogP contribution < -0.4 is 5.32 Å². The number of nitro benzene ring substituents is 1. The summed E-state index contributed by atoms with van der Waals surface area (Å²) in [6.07, 6.45) is 5.09. The first-order chi connectivity index (χ1) is 13.1. The van der Waals surface area contributed by atoms with E-state index in [-0.39, 0.29) is 34.5 Å². The fraction of sp³-hybridized carbons (Fsp3) is 0.286. The summed E-state index contributed by atoms with van der Waals surface area (Å²) in [7, 11) is 0. The lowest BCUT2D eigenvalue weighted by Gasteiger charge is -2.38. The average Bonchev–Trinajstić information content (AvgIpc) is 3.17. The number of hydrogen-bond donors (Lipinski definition) is 1. The Morgan fingerprint density at radius 3 is 2.78 bits per heavy atom. The Balaban J connectivity index is 1.84. The number of anilines is 1. The van der Waals surface area contributed by atoms with Crippen molar-refractivity contribution in [2.45, 2.75) is 25.3 Å². The summed E-state index contributed by atoms with van der Waals surface area (Å²) in [6, 6.07) is 12.2.